The number of benzene rings is 1. The van der Waals surface area contributed by atoms with Crippen LogP contribution in [0.3, 0.4) is 0 Å². The van der Waals surface area contributed by atoms with Crippen LogP contribution < -0.4 is 0 Å². The van der Waals surface area contributed by atoms with Crippen LogP contribution in [-0.4, -0.2) is 45.2 Å². The summed E-state index contributed by atoms with van der Waals surface area (Å²) in [6.07, 6.45) is 1.79. The van der Waals surface area contributed by atoms with Crippen LogP contribution in [0.2, 0.25) is 0 Å². The van der Waals surface area contributed by atoms with Gasteiger partial charge in [-0.15, -0.1) is 0 Å². The molecule has 0 spiro atoms. The second kappa shape index (κ2) is 5.98. The van der Waals surface area contributed by atoms with Gasteiger partial charge >= 0.3 is 5.97 Å². The molecule has 2 rings (SSSR count). The van der Waals surface area contributed by atoms with E-state index in [0.29, 0.717) is 12.1 Å². The number of nitro benzene ring substituents is 1. The zero-order chi connectivity index (χ0) is 14.7. The van der Waals surface area contributed by atoms with Crippen LogP contribution in [0.25, 0.3) is 0 Å². The smallest absolute Gasteiger partial charge is 0.343 e. The van der Waals surface area contributed by atoms with E-state index in [-0.39, 0.29) is 18.2 Å². The minimum atomic E-state index is -1.30. The second-order valence-corrected chi connectivity index (χ2v) is 4.82. The summed E-state index contributed by atoms with van der Waals surface area (Å²) in [7, 11) is 0. The fraction of sp³-hybridized carbons (Fsp3) is 0.462. The van der Waals surface area contributed by atoms with E-state index in [1.807, 2.05) is 4.90 Å². The number of aliphatic hydroxyl groups excluding tert-OH is 1. The Morgan fingerprint density at radius 3 is 2.85 bits per heavy atom. The van der Waals surface area contributed by atoms with Gasteiger partial charge in [-0.2, -0.15) is 0 Å². The molecule has 1 aliphatic heterocycles. The molecule has 1 aromatic rings. The number of likely N-dealkylation sites (tertiary alicyclic amines) is 1. The lowest BCUT2D eigenvalue weighted by molar-refractivity contribution is -0.385. The summed E-state index contributed by atoms with van der Waals surface area (Å²) in [5.41, 5.74) is -0.247. The van der Waals surface area contributed by atoms with Crippen LogP contribution >= 0.6 is 0 Å². The number of hydrogen-bond acceptors (Lipinski definition) is 5. The maximum Gasteiger partial charge on any atom is 0.343 e. The van der Waals surface area contributed by atoms with E-state index in [1.165, 1.54) is 12.1 Å². The summed E-state index contributed by atoms with van der Waals surface area (Å²) >= 11 is 0. The molecule has 1 heterocycles. The number of aliphatic hydroxyl groups is 1. The third-order valence-electron chi connectivity index (χ3n) is 3.62. The lowest BCUT2D eigenvalue weighted by Crippen LogP contribution is -2.32. The van der Waals surface area contributed by atoms with E-state index in [9.17, 15) is 25.1 Å². The van der Waals surface area contributed by atoms with Crippen molar-refractivity contribution in [2.75, 3.05) is 13.2 Å². The van der Waals surface area contributed by atoms with E-state index in [4.69, 9.17) is 0 Å². The maximum absolute atomic E-state index is 11.3. The second-order valence-electron chi connectivity index (χ2n) is 4.82. The molecule has 1 unspecified atom stereocenters. The van der Waals surface area contributed by atoms with Gasteiger partial charge in [0.2, 0.25) is 0 Å². The Bertz CT molecular complexity index is 531. The number of rotatable bonds is 5. The highest BCUT2D eigenvalue weighted by Crippen LogP contribution is 2.26. The topological polar surface area (TPSA) is 104 Å². The molecule has 2 N–H and O–H groups in total. The predicted molar refractivity (Wildman–Crippen MR) is 70.6 cm³/mol. The van der Waals surface area contributed by atoms with Crippen molar-refractivity contribution in [2.24, 2.45) is 0 Å². The summed E-state index contributed by atoms with van der Waals surface area (Å²) in [6.45, 7) is 1.07. The average Bonchev–Trinajstić information content (AvgIpc) is 2.85. The van der Waals surface area contributed by atoms with Gasteiger partial charge in [-0.05, 0) is 24.9 Å². The van der Waals surface area contributed by atoms with Crippen LogP contribution in [0.5, 0.6) is 0 Å². The SMILES string of the molecule is O=C(O)c1c(CN2CCCC2CO)cccc1[N+](=O)[O-]. The third-order valence-corrected chi connectivity index (χ3v) is 3.62. The molecule has 0 radical (unpaired) electrons. The van der Waals surface area contributed by atoms with Gasteiger partial charge in [-0.3, -0.25) is 15.0 Å². The van der Waals surface area contributed by atoms with Crippen LogP contribution in [0.1, 0.15) is 28.8 Å². The van der Waals surface area contributed by atoms with Crippen molar-refractivity contribution in [3.8, 4) is 0 Å². The minimum absolute atomic E-state index is 0.00379. The van der Waals surface area contributed by atoms with Gasteiger partial charge in [0.1, 0.15) is 5.56 Å². The Hall–Kier alpha value is -1.99. The Morgan fingerprint density at radius 2 is 2.25 bits per heavy atom. The molecule has 108 valence electrons. The van der Waals surface area contributed by atoms with Gasteiger partial charge < -0.3 is 10.2 Å². The van der Waals surface area contributed by atoms with Crippen molar-refractivity contribution in [3.63, 3.8) is 0 Å². The Balaban J connectivity index is 2.34. The zero-order valence-electron chi connectivity index (χ0n) is 10.9. The Kier molecular flexibility index (Phi) is 4.31. The van der Waals surface area contributed by atoms with E-state index in [2.05, 4.69) is 0 Å². The predicted octanol–water partition coefficient (Wildman–Crippen LogP) is 1.25. The van der Waals surface area contributed by atoms with Crippen LogP contribution in [0.15, 0.2) is 18.2 Å². The number of hydrogen-bond donors (Lipinski definition) is 2. The number of aromatic carboxylic acids is 1. The molecule has 0 saturated carbocycles. The van der Waals surface area contributed by atoms with E-state index >= 15 is 0 Å². The molecular formula is C13H16N2O5. The van der Waals surface area contributed by atoms with Crippen LogP contribution in [0, 0.1) is 10.1 Å². The number of carboxylic acids is 1. The largest absolute Gasteiger partial charge is 0.477 e. The molecular weight excluding hydrogens is 264 g/mol. The van der Waals surface area contributed by atoms with Crippen molar-refractivity contribution in [1.29, 1.82) is 0 Å². The fourth-order valence-corrected chi connectivity index (χ4v) is 2.65. The zero-order valence-corrected chi connectivity index (χ0v) is 10.9. The molecule has 1 saturated heterocycles. The Labute approximate surface area is 115 Å². The first-order chi connectivity index (χ1) is 9.54. The van der Waals surface area contributed by atoms with Gasteiger partial charge in [0.15, 0.2) is 0 Å². The van der Waals surface area contributed by atoms with Gasteiger partial charge in [0, 0.05) is 18.7 Å². The summed E-state index contributed by atoms with van der Waals surface area (Å²) in [6, 6.07) is 4.27. The van der Waals surface area contributed by atoms with Crippen molar-refractivity contribution >= 4 is 11.7 Å². The normalized spacial score (nSPS) is 19.1. The standard InChI is InChI=1S/C13H16N2O5/c16-8-10-4-2-6-14(10)7-9-3-1-5-11(15(19)20)12(9)13(17)18/h1,3,5,10,16H,2,4,6-8H2,(H,17,18). The molecule has 0 amide bonds. The lowest BCUT2D eigenvalue weighted by Gasteiger charge is -2.23. The minimum Gasteiger partial charge on any atom is -0.477 e. The third kappa shape index (κ3) is 2.78. The van der Waals surface area contributed by atoms with Gasteiger partial charge in [-0.1, -0.05) is 12.1 Å². The molecule has 7 nitrogen and oxygen atoms in total. The quantitative estimate of drug-likeness (QED) is 0.621. The van der Waals surface area contributed by atoms with Gasteiger partial charge in [0.25, 0.3) is 5.69 Å². The van der Waals surface area contributed by atoms with E-state index < -0.39 is 16.6 Å². The van der Waals surface area contributed by atoms with Crippen molar-refractivity contribution in [3.05, 3.63) is 39.4 Å². The highest BCUT2D eigenvalue weighted by atomic mass is 16.6. The summed E-state index contributed by atoms with van der Waals surface area (Å²) in [5, 5.41) is 29.4. The van der Waals surface area contributed by atoms with E-state index in [1.54, 1.807) is 6.07 Å². The first-order valence-corrected chi connectivity index (χ1v) is 6.39. The molecule has 1 aromatic carbocycles. The molecule has 0 aromatic heterocycles. The monoisotopic (exact) mass is 280 g/mol. The van der Waals surface area contributed by atoms with Crippen LogP contribution in [0.4, 0.5) is 5.69 Å². The van der Waals surface area contributed by atoms with Gasteiger partial charge in [0.05, 0.1) is 11.5 Å². The summed E-state index contributed by atoms with van der Waals surface area (Å²) < 4.78 is 0. The fourth-order valence-electron chi connectivity index (χ4n) is 2.65. The molecule has 20 heavy (non-hydrogen) atoms. The molecule has 1 aliphatic rings. The average molecular weight is 280 g/mol. The van der Waals surface area contributed by atoms with E-state index in [0.717, 1.165) is 19.4 Å². The lowest BCUT2D eigenvalue weighted by atomic mass is 10.0. The number of nitro groups is 1. The molecule has 7 heteroatoms. The molecule has 1 atom stereocenters. The molecule has 0 bridgehead atoms. The molecule has 1 fully saturated rings. The molecule has 0 aliphatic carbocycles. The highest BCUT2D eigenvalue weighted by Gasteiger charge is 2.28. The van der Waals surface area contributed by atoms with Crippen molar-refractivity contribution < 1.29 is 19.9 Å². The van der Waals surface area contributed by atoms with Crippen molar-refractivity contribution in [1.82, 2.24) is 4.90 Å². The Morgan fingerprint density at radius 1 is 1.50 bits per heavy atom. The van der Waals surface area contributed by atoms with Gasteiger partial charge in [-0.25, -0.2) is 4.79 Å². The summed E-state index contributed by atoms with van der Waals surface area (Å²) in [5.74, 6) is -1.30. The summed E-state index contributed by atoms with van der Waals surface area (Å²) in [4.78, 5) is 23.5. The first kappa shape index (κ1) is 14.4. The van der Waals surface area contributed by atoms with Crippen LogP contribution in [-0.2, 0) is 6.54 Å². The number of nitrogens with zero attached hydrogens (tertiary/aromatic N) is 2. The number of carbonyl (C=O) groups is 1. The first-order valence-electron chi connectivity index (χ1n) is 6.39. The highest BCUT2D eigenvalue weighted by molar-refractivity contribution is 5.94. The van der Waals surface area contributed by atoms with Crippen molar-refractivity contribution in [2.45, 2.75) is 25.4 Å². The maximum atomic E-state index is 11.3. The number of carboxylic acid groups (broad SMARTS) is 1.